The summed E-state index contributed by atoms with van der Waals surface area (Å²) < 4.78 is 0. The maximum atomic E-state index is 10.9. The van der Waals surface area contributed by atoms with E-state index in [2.05, 4.69) is 29.7 Å². The summed E-state index contributed by atoms with van der Waals surface area (Å²) in [6.07, 6.45) is 0.841. The van der Waals surface area contributed by atoms with Gasteiger partial charge in [-0.1, -0.05) is 48.4 Å². The van der Waals surface area contributed by atoms with Gasteiger partial charge in [0, 0.05) is 12.1 Å². The molecule has 24 heavy (non-hydrogen) atoms. The predicted octanol–water partition coefficient (Wildman–Crippen LogP) is 4.99. The first-order valence-corrected chi connectivity index (χ1v) is 8.27. The lowest BCUT2D eigenvalue weighted by Crippen LogP contribution is -2.32. The van der Waals surface area contributed by atoms with Gasteiger partial charge in [0.1, 0.15) is 0 Å². The molecule has 0 heterocycles. The van der Waals surface area contributed by atoms with Gasteiger partial charge in [0.25, 0.3) is 5.69 Å². The molecule has 2 rings (SSSR count). The first kappa shape index (κ1) is 18.2. The number of thiocarbonyl (C=S) groups is 1. The third kappa shape index (κ3) is 4.66. The predicted molar refractivity (Wildman–Crippen MR) is 102 cm³/mol. The highest BCUT2D eigenvalue weighted by Gasteiger charge is 2.14. The molecule has 0 bridgehead atoms. The van der Waals surface area contributed by atoms with Crippen LogP contribution in [0.25, 0.3) is 0 Å². The number of hydrogen-bond acceptors (Lipinski definition) is 3. The van der Waals surface area contributed by atoms with E-state index in [-0.39, 0.29) is 11.7 Å². The summed E-state index contributed by atoms with van der Waals surface area (Å²) in [4.78, 5) is 10.4. The van der Waals surface area contributed by atoms with E-state index >= 15 is 0 Å². The van der Waals surface area contributed by atoms with Crippen LogP contribution in [-0.4, -0.2) is 10.0 Å². The highest BCUT2D eigenvalue weighted by molar-refractivity contribution is 7.80. The van der Waals surface area contributed by atoms with E-state index in [4.69, 9.17) is 23.8 Å². The fraction of sp³-hybridized carbons (Fsp3) is 0.235. The number of anilines is 1. The standard InChI is InChI=1S/C17H18ClN3O2S/c1-3-15(12-6-4-11(2)5-7-12)19-17(24)20-16-10-13(21(22)23)8-9-14(16)18/h4-10,15H,3H2,1-2H3,(H2,19,20,24)/t15-/m1/s1. The Hall–Kier alpha value is -2.18. The van der Waals surface area contributed by atoms with E-state index in [1.807, 2.05) is 19.1 Å². The second-order valence-corrected chi connectivity index (χ2v) is 6.21. The number of hydrogen-bond donors (Lipinski definition) is 2. The largest absolute Gasteiger partial charge is 0.356 e. The van der Waals surface area contributed by atoms with Crippen LogP contribution in [0.4, 0.5) is 11.4 Å². The smallest absolute Gasteiger partial charge is 0.271 e. The third-order valence-corrected chi connectivity index (χ3v) is 4.15. The van der Waals surface area contributed by atoms with Crippen LogP contribution in [0.3, 0.4) is 0 Å². The second kappa shape index (κ2) is 8.08. The van der Waals surface area contributed by atoms with Crippen LogP contribution in [0, 0.1) is 17.0 Å². The number of rotatable bonds is 5. The molecule has 0 radical (unpaired) electrons. The van der Waals surface area contributed by atoms with Gasteiger partial charge in [-0.2, -0.15) is 0 Å². The van der Waals surface area contributed by atoms with E-state index in [1.165, 1.54) is 23.8 Å². The monoisotopic (exact) mass is 363 g/mol. The lowest BCUT2D eigenvalue weighted by atomic mass is 10.0. The van der Waals surface area contributed by atoms with Gasteiger partial charge in [-0.25, -0.2) is 0 Å². The molecule has 0 amide bonds. The van der Waals surface area contributed by atoms with E-state index in [0.717, 1.165) is 12.0 Å². The van der Waals surface area contributed by atoms with Crippen molar-refractivity contribution in [2.24, 2.45) is 0 Å². The Morgan fingerprint density at radius 2 is 1.96 bits per heavy atom. The Balaban J connectivity index is 2.10. The minimum Gasteiger partial charge on any atom is -0.356 e. The first-order valence-electron chi connectivity index (χ1n) is 7.48. The van der Waals surface area contributed by atoms with Gasteiger partial charge in [-0.3, -0.25) is 10.1 Å². The number of nitrogens with one attached hydrogen (secondary N) is 2. The summed E-state index contributed by atoms with van der Waals surface area (Å²) in [6, 6.07) is 12.4. The van der Waals surface area contributed by atoms with Crippen molar-refractivity contribution in [2.45, 2.75) is 26.3 Å². The van der Waals surface area contributed by atoms with Crippen molar-refractivity contribution in [1.82, 2.24) is 5.32 Å². The number of nitro groups is 1. The Morgan fingerprint density at radius 3 is 2.54 bits per heavy atom. The average Bonchev–Trinajstić information content (AvgIpc) is 2.55. The van der Waals surface area contributed by atoms with Crippen LogP contribution in [-0.2, 0) is 0 Å². The lowest BCUT2D eigenvalue weighted by molar-refractivity contribution is -0.384. The highest BCUT2D eigenvalue weighted by Crippen LogP contribution is 2.27. The summed E-state index contributed by atoms with van der Waals surface area (Å²) in [6.45, 7) is 4.09. The topological polar surface area (TPSA) is 67.2 Å². The summed E-state index contributed by atoms with van der Waals surface area (Å²) in [5.74, 6) is 0. The molecule has 2 N–H and O–H groups in total. The number of non-ortho nitro benzene ring substituents is 1. The summed E-state index contributed by atoms with van der Waals surface area (Å²) in [5.41, 5.74) is 2.67. The minimum absolute atomic E-state index is 0.0445. The Bertz CT molecular complexity index is 750. The Morgan fingerprint density at radius 1 is 1.29 bits per heavy atom. The number of benzene rings is 2. The second-order valence-electron chi connectivity index (χ2n) is 5.39. The molecule has 0 aliphatic rings. The molecule has 0 fully saturated rings. The third-order valence-electron chi connectivity index (χ3n) is 3.60. The molecule has 0 spiro atoms. The molecular weight excluding hydrogens is 346 g/mol. The quantitative estimate of drug-likeness (QED) is 0.444. The fourth-order valence-electron chi connectivity index (χ4n) is 2.26. The molecule has 2 aromatic rings. The van der Waals surface area contributed by atoms with Crippen molar-refractivity contribution in [2.75, 3.05) is 5.32 Å². The Kier molecular flexibility index (Phi) is 6.11. The molecule has 0 unspecified atom stereocenters. The lowest BCUT2D eigenvalue weighted by Gasteiger charge is -2.20. The van der Waals surface area contributed by atoms with E-state index < -0.39 is 4.92 Å². The van der Waals surface area contributed by atoms with Crippen LogP contribution in [0.15, 0.2) is 42.5 Å². The maximum Gasteiger partial charge on any atom is 0.271 e. The zero-order valence-corrected chi connectivity index (χ0v) is 14.9. The molecule has 0 saturated carbocycles. The van der Waals surface area contributed by atoms with Crippen molar-refractivity contribution in [3.05, 3.63) is 68.7 Å². The van der Waals surface area contributed by atoms with E-state index in [9.17, 15) is 10.1 Å². The van der Waals surface area contributed by atoms with Crippen molar-refractivity contribution in [3.8, 4) is 0 Å². The maximum absolute atomic E-state index is 10.9. The van der Waals surface area contributed by atoms with Gasteiger partial charge in [-0.05, 0) is 37.2 Å². The number of nitro benzene ring substituents is 1. The van der Waals surface area contributed by atoms with Gasteiger partial charge in [0.2, 0.25) is 0 Å². The normalized spacial score (nSPS) is 11.6. The van der Waals surface area contributed by atoms with Crippen molar-refractivity contribution >= 4 is 40.3 Å². The van der Waals surface area contributed by atoms with Crippen LogP contribution in [0.1, 0.15) is 30.5 Å². The minimum atomic E-state index is -0.473. The van der Waals surface area contributed by atoms with E-state index in [0.29, 0.717) is 15.8 Å². The molecule has 0 aromatic heterocycles. The van der Waals surface area contributed by atoms with Gasteiger partial charge in [0.05, 0.1) is 21.7 Å². The molecule has 0 aliphatic carbocycles. The van der Waals surface area contributed by atoms with Gasteiger partial charge >= 0.3 is 0 Å². The zero-order valence-electron chi connectivity index (χ0n) is 13.4. The summed E-state index contributed by atoms with van der Waals surface area (Å²) >= 11 is 11.4. The van der Waals surface area contributed by atoms with Gasteiger partial charge < -0.3 is 10.6 Å². The SMILES string of the molecule is CC[C@@H](NC(=S)Nc1cc([N+](=O)[O-])ccc1Cl)c1ccc(C)cc1. The molecule has 0 saturated heterocycles. The molecule has 2 aromatic carbocycles. The van der Waals surface area contributed by atoms with Crippen molar-refractivity contribution < 1.29 is 4.92 Å². The van der Waals surface area contributed by atoms with E-state index in [1.54, 1.807) is 0 Å². The molecule has 5 nitrogen and oxygen atoms in total. The number of halogens is 1. The van der Waals surface area contributed by atoms with Crippen molar-refractivity contribution in [3.63, 3.8) is 0 Å². The molecule has 1 atom stereocenters. The van der Waals surface area contributed by atoms with Crippen LogP contribution in [0.5, 0.6) is 0 Å². The summed E-state index contributed by atoms with van der Waals surface area (Å²) in [7, 11) is 0. The van der Waals surface area contributed by atoms with Crippen molar-refractivity contribution in [1.29, 1.82) is 0 Å². The fourth-order valence-corrected chi connectivity index (χ4v) is 2.68. The summed E-state index contributed by atoms with van der Waals surface area (Å²) in [5, 5.41) is 17.8. The van der Waals surface area contributed by atoms with Crippen LogP contribution in [0.2, 0.25) is 5.02 Å². The molecule has 0 aliphatic heterocycles. The Labute approximate surface area is 151 Å². The van der Waals surface area contributed by atoms with Gasteiger partial charge in [-0.15, -0.1) is 0 Å². The van der Waals surface area contributed by atoms with Gasteiger partial charge in [0.15, 0.2) is 5.11 Å². The highest BCUT2D eigenvalue weighted by atomic mass is 35.5. The molecular formula is C17H18ClN3O2S. The van der Waals surface area contributed by atoms with Crippen LogP contribution >= 0.6 is 23.8 Å². The first-order chi connectivity index (χ1) is 11.4. The van der Waals surface area contributed by atoms with Crippen LogP contribution < -0.4 is 10.6 Å². The number of nitrogens with zero attached hydrogens (tertiary/aromatic N) is 1. The molecule has 7 heteroatoms. The average molecular weight is 364 g/mol. The number of aryl methyl sites for hydroxylation is 1. The zero-order chi connectivity index (χ0) is 17.7. The molecule has 126 valence electrons.